The van der Waals surface area contributed by atoms with E-state index in [1.807, 2.05) is 0 Å². The van der Waals surface area contributed by atoms with Gasteiger partial charge in [0.05, 0.1) is 25.4 Å². The molecule has 0 saturated carbocycles. The first-order chi connectivity index (χ1) is 17.6. The Labute approximate surface area is 221 Å². The zero-order chi connectivity index (χ0) is 26.3. The molecule has 0 aliphatic heterocycles. The maximum atomic E-state index is 12.7. The van der Waals surface area contributed by atoms with E-state index in [4.69, 9.17) is 14.2 Å². The summed E-state index contributed by atoms with van der Waals surface area (Å²) in [6.07, 6.45) is 20.8. The third kappa shape index (κ3) is 15.3. The van der Waals surface area contributed by atoms with Gasteiger partial charge in [-0.15, -0.1) is 0 Å². The van der Waals surface area contributed by atoms with E-state index >= 15 is 0 Å². The molecule has 0 aliphatic carbocycles. The SMILES string of the molecule is CCCCCCCCOC(=O)c1cc(OCCCCCCCC)c(O)c(OCCCCCCCC)c1. The first-order valence-electron chi connectivity index (χ1n) is 14.9. The lowest BCUT2D eigenvalue weighted by Crippen LogP contribution is -2.09. The number of ether oxygens (including phenoxy) is 3. The highest BCUT2D eigenvalue weighted by molar-refractivity contribution is 5.91. The van der Waals surface area contributed by atoms with Crippen molar-refractivity contribution in [2.45, 2.75) is 136 Å². The van der Waals surface area contributed by atoms with Crippen LogP contribution in [0, 0.1) is 0 Å². The van der Waals surface area contributed by atoms with Gasteiger partial charge in [0.2, 0.25) is 5.75 Å². The van der Waals surface area contributed by atoms with Gasteiger partial charge in [-0.1, -0.05) is 117 Å². The lowest BCUT2D eigenvalue weighted by Gasteiger charge is -2.15. The average molecular weight is 507 g/mol. The third-order valence-corrected chi connectivity index (χ3v) is 6.52. The van der Waals surface area contributed by atoms with E-state index in [1.54, 1.807) is 12.1 Å². The summed E-state index contributed by atoms with van der Waals surface area (Å²) in [5, 5.41) is 10.8. The summed E-state index contributed by atoms with van der Waals surface area (Å²) < 4.78 is 17.3. The van der Waals surface area contributed by atoms with E-state index in [9.17, 15) is 9.90 Å². The van der Waals surface area contributed by atoms with Crippen molar-refractivity contribution in [1.82, 2.24) is 0 Å². The van der Waals surface area contributed by atoms with Crippen LogP contribution >= 0.6 is 0 Å². The zero-order valence-electron chi connectivity index (χ0n) is 23.6. The van der Waals surface area contributed by atoms with Crippen molar-refractivity contribution in [1.29, 1.82) is 0 Å². The van der Waals surface area contributed by atoms with Crippen LogP contribution in [0.3, 0.4) is 0 Å². The molecule has 1 rings (SSSR count). The third-order valence-electron chi connectivity index (χ3n) is 6.52. The van der Waals surface area contributed by atoms with Crippen LogP contribution < -0.4 is 9.47 Å². The van der Waals surface area contributed by atoms with E-state index < -0.39 is 5.97 Å². The highest BCUT2D eigenvalue weighted by Crippen LogP contribution is 2.38. The molecule has 5 nitrogen and oxygen atoms in total. The topological polar surface area (TPSA) is 65.0 Å². The second-order valence-electron chi connectivity index (χ2n) is 9.96. The van der Waals surface area contributed by atoms with Crippen molar-refractivity contribution in [3.8, 4) is 17.2 Å². The number of hydrogen-bond donors (Lipinski definition) is 1. The van der Waals surface area contributed by atoms with Crippen LogP contribution in [0.15, 0.2) is 12.1 Å². The molecule has 5 heteroatoms. The Kier molecular flexibility index (Phi) is 19.9. The normalized spacial score (nSPS) is 11.0. The first-order valence-corrected chi connectivity index (χ1v) is 14.9. The van der Waals surface area contributed by atoms with Gasteiger partial charge in [-0.2, -0.15) is 0 Å². The van der Waals surface area contributed by atoms with Crippen LogP contribution in [0.5, 0.6) is 17.2 Å². The Bertz CT molecular complexity index is 634. The van der Waals surface area contributed by atoms with Crippen LogP contribution in [-0.2, 0) is 4.74 Å². The summed E-state index contributed by atoms with van der Waals surface area (Å²) in [5.74, 6) is 0.183. The molecule has 0 aliphatic rings. The molecule has 0 unspecified atom stereocenters. The Morgan fingerprint density at radius 2 is 0.944 bits per heavy atom. The monoisotopic (exact) mass is 506 g/mol. The minimum atomic E-state index is -0.391. The lowest BCUT2D eigenvalue weighted by molar-refractivity contribution is 0.0496. The van der Waals surface area contributed by atoms with Gasteiger partial charge in [0.1, 0.15) is 0 Å². The molecule has 208 valence electrons. The number of esters is 1. The van der Waals surface area contributed by atoms with Gasteiger partial charge in [0.25, 0.3) is 0 Å². The predicted octanol–water partition coefficient (Wildman–Crippen LogP) is 9.39. The van der Waals surface area contributed by atoms with Crippen molar-refractivity contribution in [3.63, 3.8) is 0 Å². The first kappa shape index (κ1) is 32.1. The fraction of sp³-hybridized carbons (Fsp3) is 0.774. The molecule has 0 atom stereocenters. The number of rotatable bonds is 24. The van der Waals surface area contributed by atoms with Gasteiger partial charge in [-0.25, -0.2) is 4.79 Å². The molecule has 0 spiro atoms. The van der Waals surface area contributed by atoms with E-state index in [-0.39, 0.29) is 5.75 Å². The van der Waals surface area contributed by atoms with Gasteiger partial charge in [0, 0.05) is 0 Å². The Hall–Kier alpha value is -1.91. The summed E-state index contributed by atoms with van der Waals surface area (Å²) >= 11 is 0. The van der Waals surface area contributed by atoms with Crippen molar-refractivity contribution >= 4 is 5.97 Å². The highest BCUT2D eigenvalue weighted by atomic mass is 16.5. The van der Waals surface area contributed by atoms with Crippen LogP contribution in [-0.4, -0.2) is 30.9 Å². The van der Waals surface area contributed by atoms with Crippen molar-refractivity contribution in [3.05, 3.63) is 17.7 Å². The van der Waals surface area contributed by atoms with E-state index in [0.717, 1.165) is 38.5 Å². The Morgan fingerprint density at radius 1 is 0.583 bits per heavy atom. The molecule has 1 aromatic carbocycles. The van der Waals surface area contributed by atoms with Crippen LogP contribution in [0.2, 0.25) is 0 Å². The molecule has 0 heterocycles. The van der Waals surface area contributed by atoms with Crippen molar-refractivity contribution in [2.75, 3.05) is 19.8 Å². The number of hydrogen-bond acceptors (Lipinski definition) is 5. The van der Waals surface area contributed by atoms with Gasteiger partial charge < -0.3 is 19.3 Å². The van der Waals surface area contributed by atoms with Gasteiger partial charge in [0.15, 0.2) is 11.5 Å². The average Bonchev–Trinajstić information content (AvgIpc) is 2.88. The molecular formula is C31H54O5. The van der Waals surface area contributed by atoms with Crippen molar-refractivity contribution in [2.24, 2.45) is 0 Å². The lowest BCUT2D eigenvalue weighted by atomic mass is 10.1. The number of aromatic hydroxyl groups is 1. The molecule has 0 radical (unpaired) electrons. The maximum Gasteiger partial charge on any atom is 0.338 e. The quantitative estimate of drug-likeness (QED) is 0.112. The zero-order valence-corrected chi connectivity index (χ0v) is 23.6. The molecule has 1 aromatic rings. The van der Waals surface area contributed by atoms with E-state index in [0.29, 0.717) is 36.9 Å². The standard InChI is InChI=1S/C31H54O5/c1-4-7-10-13-16-19-22-34-28-25-27(31(33)36-24-21-18-15-12-9-6-3)26-29(30(28)32)35-23-20-17-14-11-8-5-2/h25-26,32H,4-24H2,1-3H3. The predicted molar refractivity (Wildman–Crippen MR) is 150 cm³/mol. The van der Waals surface area contributed by atoms with Crippen LogP contribution in [0.4, 0.5) is 0 Å². The summed E-state index contributed by atoms with van der Waals surface area (Å²) in [6, 6.07) is 3.18. The fourth-order valence-electron chi connectivity index (χ4n) is 4.18. The smallest absolute Gasteiger partial charge is 0.338 e. The highest BCUT2D eigenvalue weighted by Gasteiger charge is 2.18. The number of unbranched alkanes of at least 4 members (excludes halogenated alkanes) is 15. The minimum absolute atomic E-state index is 0.0283. The molecule has 0 bridgehead atoms. The molecular weight excluding hydrogens is 452 g/mol. The summed E-state index contributed by atoms with van der Waals surface area (Å²) in [4.78, 5) is 12.7. The Balaban J connectivity index is 2.64. The second kappa shape index (κ2) is 22.3. The summed E-state index contributed by atoms with van der Waals surface area (Å²) in [5.41, 5.74) is 0.370. The molecule has 0 fully saturated rings. The number of phenols is 1. The number of carbonyl (C=O) groups excluding carboxylic acids is 1. The van der Waals surface area contributed by atoms with E-state index in [2.05, 4.69) is 20.8 Å². The summed E-state index contributed by atoms with van der Waals surface area (Å²) in [7, 11) is 0. The molecule has 36 heavy (non-hydrogen) atoms. The van der Waals surface area contributed by atoms with Crippen LogP contribution in [0.25, 0.3) is 0 Å². The van der Waals surface area contributed by atoms with Gasteiger partial charge >= 0.3 is 5.97 Å². The molecule has 1 N–H and O–H groups in total. The number of phenolic OH excluding ortho intramolecular Hbond substituents is 1. The Morgan fingerprint density at radius 3 is 1.36 bits per heavy atom. The van der Waals surface area contributed by atoms with E-state index in [1.165, 1.54) is 77.0 Å². The molecule has 0 saturated heterocycles. The van der Waals surface area contributed by atoms with Gasteiger partial charge in [-0.3, -0.25) is 0 Å². The molecule has 0 amide bonds. The fourth-order valence-corrected chi connectivity index (χ4v) is 4.18. The second-order valence-corrected chi connectivity index (χ2v) is 9.96. The van der Waals surface area contributed by atoms with Gasteiger partial charge in [-0.05, 0) is 31.4 Å². The number of carbonyl (C=O) groups is 1. The maximum absolute atomic E-state index is 12.7. The largest absolute Gasteiger partial charge is 0.502 e. The summed E-state index contributed by atoms with van der Waals surface area (Å²) in [6.45, 7) is 8.05. The molecule has 0 aromatic heterocycles. The van der Waals surface area contributed by atoms with Crippen LogP contribution in [0.1, 0.15) is 147 Å². The number of benzene rings is 1. The minimum Gasteiger partial charge on any atom is -0.502 e. The van der Waals surface area contributed by atoms with Crippen molar-refractivity contribution < 1.29 is 24.1 Å².